The Bertz CT molecular complexity index is 1210. The second-order valence-electron chi connectivity index (χ2n) is 7.68. The molecule has 0 aliphatic heterocycles. The Morgan fingerprint density at radius 1 is 0.643 bits per heavy atom. The molecule has 3 aliphatic rings. The van der Waals surface area contributed by atoms with E-state index in [1.807, 2.05) is 0 Å². The van der Waals surface area contributed by atoms with E-state index in [0.717, 1.165) is 6.42 Å². The van der Waals surface area contributed by atoms with Gasteiger partial charge in [0.15, 0.2) is 0 Å². The van der Waals surface area contributed by atoms with E-state index >= 15 is 0 Å². The summed E-state index contributed by atoms with van der Waals surface area (Å²) < 4.78 is 0. The zero-order chi connectivity index (χ0) is 17.8. The molecule has 1 atom stereocenters. The Morgan fingerprint density at radius 3 is 1.96 bits per heavy atom. The van der Waals surface area contributed by atoms with Gasteiger partial charge in [0.2, 0.25) is 0 Å². The van der Waals surface area contributed by atoms with Crippen LogP contribution in [0.15, 0.2) is 97.1 Å². The fourth-order valence-electron chi connectivity index (χ4n) is 5.22. The average Bonchev–Trinajstić information content (AvgIpc) is 3.23. The van der Waals surface area contributed by atoms with Crippen LogP contribution in [0.1, 0.15) is 23.5 Å². The normalized spacial score (nSPS) is 18.4. The number of hydrogen-bond donors (Lipinski definition) is 0. The zero-order valence-corrected chi connectivity index (χ0v) is 16.9. The second-order valence-corrected chi connectivity index (χ2v) is 7.68. The van der Waals surface area contributed by atoms with E-state index in [0.29, 0.717) is 11.8 Å². The van der Waals surface area contributed by atoms with Gasteiger partial charge in [0.25, 0.3) is 0 Å². The number of allylic oxidation sites excluding steroid dienone is 4. The van der Waals surface area contributed by atoms with E-state index in [9.17, 15) is 0 Å². The van der Waals surface area contributed by atoms with Crippen LogP contribution in [-0.4, -0.2) is 0 Å². The third-order valence-corrected chi connectivity index (χ3v) is 6.37. The van der Waals surface area contributed by atoms with Gasteiger partial charge in [-0.25, -0.2) is 0 Å². The molecule has 0 N–H and O–H groups in total. The topological polar surface area (TPSA) is 0 Å². The zero-order valence-electron chi connectivity index (χ0n) is 15.5. The van der Waals surface area contributed by atoms with Crippen molar-refractivity contribution in [1.82, 2.24) is 0 Å². The van der Waals surface area contributed by atoms with Crippen LogP contribution in [0.2, 0.25) is 0 Å². The second kappa shape index (κ2) is 6.81. The van der Waals surface area contributed by atoms with Gasteiger partial charge in [0, 0.05) is 30.4 Å². The molecule has 3 aliphatic carbocycles. The number of benzene rings is 3. The Morgan fingerprint density at radius 2 is 1.25 bits per heavy atom. The molecule has 0 fully saturated rings. The summed E-state index contributed by atoms with van der Waals surface area (Å²) in [4.78, 5) is 0. The minimum atomic E-state index is 0. The molecule has 0 saturated heterocycles. The third-order valence-electron chi connectivity index (χ3n) is 6.37. The summed E-state index contributed by atoms with van der Waals surface area (Å²) >= 11 is 0. The Balaban J connectivity index is 0.00000171. The van der Waals surface area contributed by atoms with Crippen molar-refractivity contribution in [1.29, 1.82) is 0 Å². The van der Waals surface area contributed by atoms with Gasteiger partial charge in [-0.05, 0) is 44.7 Å². The summed E-state index contributed by atoms with van der Waals surface area (Å²) in [7, 11) is 0. The van der Waals surface area contributed by atoms with E-state index < -0.39 is 0 Å². The molecule has 1 radical (unpaired) electrons. The van der Waals surface area contributed by atoms with Crippen LogP contribution in [-0.2, 0) is 18.6 Å². The Labute approximate surface area is 177 Å². The smallest absolute Gasteiger partial charge is 0.0247 e. The summed E-state index contributed by atoms with van der Waals surface area (Å²) in [5.74, 6) is 0.867. The third kappa shape index (κ3) is 2.45. The van der Waals surface area contributed by atoms with Crippen LogP contribution in [0.25, 0.3) is 22.3 Å². The van der Waals surface area contributed by atoms with Crippen molar-refractivity contribution in [2.45, 2.75) is 12.3 Å². The first-order valence-corrected chi connectivity index (χ1v) is 9.77. The minimum absolute atomic E-state index is 0. The maximum Gasteiger partial charge on any atom is 0.0247 e. The Kier molecular flexibility index (Phi) is 4.27. The fraction of sp³-hybridized carbons (Fsp3) is 0.111. The van der Waals surface area contributed by atoms with Gasteiger partial charge < -0.3 is 0 Å². The van der Waals surface area contributed by atoms with Gasteiger partial charge in [-0.1, -0.05) is 103 Å². The van der Waals surface area contributed by atoms with Crippen LogP contribution in [0.3, 0.4) is 0 Å². The van der Waals surface area contributed by atoms with Crippen LogP contribution in [0, 0.1) is 5.92 Å². The van der Waals surface area contributed by atoms with E-state index in [-0.39, 0.29) is 18.6 Å². The van der Waals surface area contributed by atoms with Gasteiger partial charge >= 0.3 is 0 Å². The van der Waals surface area contributed by atoms with Crippen LogP contribution in [0.4, 0.5) is 0 Å². The number of hydrogen-bond acceptors (Lipinski definition) is 0. The standard InChI is InChI=1S/C27H20.V/c1-5-13-22-18(9-1)19-10-2-6-14-23(19)26(22)17-27-24-15-7-3-11-20(24)21-12-4-8-16-25(21)27;/h1-16,22,27H,17H2;. The van der Waals surface area contributed by atoms with Gasteiger partial charge in [-0.2, -0.15) is 0 Å². The molecule has 0 heterocycles. The van der Waals surface area contributed by atoms with Gasteiger partial charge in [0.05, 0.1) is 0 Å². The Hall–Kier alpha value is -2.54. The predicted octanol–water partition coefficient (Wildman–Crippen LogP) is 4.94. The van der Waals surface area contributed by atoms with E-state index in [4.69, 9.17) is 0 Å². The molecule has 133 valence electrons. The number of rotatable bonds is 2. The molecule has 1 unspecified atom stereocenters. The van der Waals surface area contributed by atoms with E-state index in [2.05, 4.69) is 97.1 Å². The minimum Gasteiger partial charge on any atom is -0.0729 e. The SMILES string of the molecule is C1=CC2=c3ccccc3=C(CC3c4ccccc4-c4ccccc43)C2C=C1.[V]. The van der Waals surface area contributed by atoms with Crippen molar-refractivity contribution >= 4 is 11.1 Å². The maximum atomic E-state index is 2.37. The van der Waals surface area contributed by atoms with Crippen molar-refractivity contribution < 1.29 is 18.6 Å². The first-order valence-electron chi connectivity index (χ1n) is 9.77. The first-order chi connectivity index (χ1) is 13.4. The molecular formula is C27H20V. The monoisotopic (exact) mass is 395 g/mol. The molecule has 6 rings (SSSR count). The molecule has 0 spiro atoms. The van der Waals surface area contributed by atoms with Crippen LogP contribution >= 0.6 is 0 Å². The maximum absolute atomic E-state index is 2.37. The summed E-state index contributed by atoms with van der Waals surface area (Å²) in [6, 6.07) is 26.8. The molecule has 0 saturated carbocycles. The van der Waals surface area contributed by atoms with Gasteiger partial charge in [0.1, 0.15) is 0 Å². The summed E-state index contributed by atoms with van der Waals surface area (Å²) in [5.41, 5.74) is 8.81. The molecule has 3 aromatic rings. The molecule has 0 nitrogen and oxygen atoms in total. The largest absolute Gasteiger partial charge is 0.0729 e. The van der Waals surface area contributed by atoms with Crippen molar-refractivity contribution in [3.8, 4) is 11.1 Å². The van der Waals surface area contributed by atoms with Crippen LogP contribution in [0.5, 0.6) is 0 Å². The molecule has 0 bridgehead atoms. The summed E-state index contributed by atoms with van der Waals surface area (Å²) in [6.45, 7) is 0. The van der Waals surface area contributed by atoms with Gasteiger partial charge in [-0.3, -0.25) is 0 Å². The fourth-order valence-corrected chi connectivity index (χ4v) is 5.22. The quantitative estimate of drug-likeness (QED) is 0.576. The van der Waals surface area contributed by atoms with Crippen molar-refractivity contribution in [2.75, 3.05) is 0 Å². The summed E-state index contributed by atoms with van der Waals surface area (Å²) in [5, 5.41) is 2.85. The molecular weight excluding hydrogens is 375 g/mol. The average molecular weight is 395 g/mol. The molecule has 28 heavy (non-hydrogen) atoms. The number of fused-ring (bicyclic) bond motifs is 5. The molecule has 0 amide bonds. The first kappa shape index (κ1) is 17.6. The summed E-state index contributed by atoms with van der Waals surface area (Å²) in [6.07, 6.45) is 10.1. The van der Waals surface area contributed by atoms with E-state index in [1.165, 1.54) is 38.3 Å². The van der Waals surface area contributed by atoms with E-state index in [1.54, 1.807) is 5.57 Å². The molecule has 1 heteroatoms. The van der Waals surface area contributed by atoms with Crippen LogP contribution < -0.4 is 10.4 Å². The van der Waals surface area contributed by atoms with Crippen molar-refractivity contribution in [3.63, 3.8) is 0 Å². The van der Waals surface area contributed by atoms with Crippen molar-refractivity contribution in [2.24, 2.45) is 5.92 Å². The molecule has 3 aromatic carbocycles. The predicted molar refractivity (Wildman–Crippen MR) is 113 cm³/mol. The molecule has 0 aromatic heterocycles. The van der Waals surface area contributed by atoms with Gasteiger partial charge in [-0.15, -0.1) is 0 Å². The van der Waals surface area contributed by atoms with Crippen molar-refractivity contribution in [3.05, 3.63) is 119 Å².